The van der Waals surface area contributed by atoms with E-state index in [1.807, 2.05) is 6.20 Å². The summed E-state index contributed by atoms with van der Waals surface area (Å²) >= 11 is 0. The van der Waals surface area contributed by atoms with Crippen LogP contribution in [-0.4, -0.2) is 19.8 Å². The van der Waals surface area contributed by atoms with Crippen LogP contribution in [-0.2, 0) is 11.0 Å². The Morgan fingerprint density at radius 2 is 1.84 bits per heavy atom. The number of hydrogen-bond donors (Lipinski definition) is 3. The molecule has 1 unspecified atom stereocenters. The number of benzene rings is 2. The molecule has 1 atom stereocenters. The van der Waals surface area contributed by atoms with Crippen LogP contribution in [0.15, 0.2) is 55.0 Å². The van der Waals surface area contributed by atoms with Crippen molar-refractivity contribution in [1.82, 2.24) is 9.97 Å². The fourth-order valence-corrected chi connectivity index (χ4v) is 3.60. The van der Waals surface area contributed by atoms with Gasteiger partial charge in [0.25, 0.3) is 0 Å². The van der Waals surface area contributed by atoms with Crippen molar-refractivity contribution in [3.63, 3.8) is 0 Å². The van der Waals surface area contributed by atoms with Gasteiger partial charge in [-0.3, -0.25) is 4.57 Å². The van der Waals surface area contributed by atoms with Gasteiger partial charge in [-0.05, 0) is 54.7 Å². The molecule has 130 valence electrons. The molecule has 0 radical (unpaired) electrons. The molecule has 3 N–H and O–H groups in total. The average molecular weight is 356 g/mol. The number of nitrogens with zero attached hydrogens (tertiary/aromatic N) is 1. The maximum atomic E-state index is 11.3. The molecule has 0 spiro atoms. The predicted octanol–water partition coefficient (Wildman–Crippen LogP) is 3.20. The van der Waals surface area contributed by atoms with Crippen molar-refractivity contribution in [3.8, 4) is 0 Å². The van der Waals surface area contributed by atoms with E-state index in [1.165, 1.54) is 28.8 Å². The zero-order chi connectivity index (χ0) is 18.0. The molecule has 0 saturated heterocycles. The van der Waals surface area contributed by atoms with Gasteiger partial charge < -0.3 is 14.8 Å². The Balaban J connectivity index is 1.97. The van der Waals surface area contributed by atoms with E-state index in [1.54, 1.807) is 18.5 Å². The molecule has 3 aromatic rings. The molecule has 0 aliphatic heterocycles. The largest absolute Gasteiger partial charge is 0.356 e. The Morgan fingerprint density at radius 3 is 2.44 bits per heavy atom. The SMILES string of the molecule is Cc1cccc(C(Cc2ccc(P(=O)(O)O)cc2)c2cnc[nH]2)c1C. The van der Waals surface area contributed by atoms with E-state index < -0.39 is 7.60 Å². The minimum Gasteiger partial charge on any atom is -0.348 e. The fraction of sp³-hybridized carbons (Fsp3) is 0.211. The lowest BCUT2D eigenvalue weighted by atomic mass is 9.86. The van der Waals surface area contributed by atoms with E-state index in [-0.39, 0.29) is 11.2 Å². The first-order valence-electron chi connectivity index (χ1n) is 8.05. The van der Waals surface area contributed by atoms with Crippen LogP contribution in [0, 0.1) is 13.8 Å². The lowest BCUT2D eigenvalue weighted by Gasteiger charge is -2.20. The van der Waals surface area contributed by atoms with Gasteiger partial charge in [0.1, 0.15) is 0 Å². The first kappa shape index (κ1) is 17.6. The number of nitrogens with one attached hydrogen (secondary N) is 1. The first-order valence-corrected chi connectivity index (χ1v) is 9.67. The molecule has 0 bridgehead atoms. The Labute approximate surface area is 146 Å². The fourth-order valence-electron chi connectivity index (χ4n) is 3.06. The summed E-state index contributed by atoms with van der Waals surface area (Å²) in [6.07, 6.45) is 4.22. The number of aromatic nitrogens is 2. The van der Waals surface area contributed by atoms with Crippen LogP contribution in [0.3, 0.4) is 0 Å². The number of hydrogen-bond acceptors (Lipinski definition) is 2. The van der Waals surface area contributed by atoms with Gasteiger partial charge >= 0.3 is 7.60 Å². The number of H-pyrrole nitrogens is 1. The smallest absolute Gasteiger partial charge is 0.348 e. The van der Waals surface area contributed by atoms with Crippen molar-refractivity contribution >= 4 is 12.9 Å². The third kappa shape index (κ3) is 3.90. The number of aryl methyl sites for hydroxylation is 1. The molecule has 0 saturated carbocycles. The summed E-state index contributed by atoms with van der Waals surface area (Å²) in [4.78, 5) is 25.9. The van der Waals surface area contributed by atoms with Gasteiger partial charge in [0, 0.05) is 17.8 Å². The van der Waals surface area contributed by atoms with E-state index >= 15 is 0 Å². The third-order valence-corrected chi connectivity index (χ3v) is 5.60. The number of imidazole rings is 1. The van der Waals surface area contributed by atoms with E-state index in [0.29, 0.717) is 6.42 Å². The molecular weight excluding hydrogens is 335 g/mol. The van der Waals surface area contributed by atoms with Crippen molar-refractivity contribution in [2.45, 2.75) is 26.2 Å². The van der Waals surface area contributed by atoms with Gasteiger partial charge in [0.15, 0.2) is 0 Å². The summed E-state index contributed by atoms with van der Waals surface area (Å²) in [6.45, 7) is 4.21. The van der Waals surface area contributed by atoms with Gasteiger partial charge in [0.05, 0.1) is 11.6 Å². The first-order chi connectivity index (χ1) is 11.9. The van der Waals surface area contributed by atoms with Crippen molar-refractivity contribution < 1.29 is 14.4 Å². The molecule has 1 heterocycles. The highest BCUT2D eigenvalue weighted by molar-refractivity contribution is 7.60. The van der Waals surface area contributed by atoms with Gasteiger partial charge in [-0.25, -0.2) is 4.98 Å². The van der Waals surface area contributed by atoms with E-state index in [4.69, 9.17) is 0 Å². The van der Waals surface area contributed by atoms with Crippen molar-refractivity contribution in [2.24, 2.45) is 0 Å². The van der Waals surface area contributed by atoms with Crippen LogP contribution >= 0.6 is 7.60 Å². The summed E-state index contributed by atoms with van der Waals surface area (Å²) in [5, 5.41) is 0.0427. The highest BCUT2D eigenvalue weighted by atomic mass is 31.2. The van der Waals surface area contributed by atoms with Gasteiger partial charge in [-0.2, -0.15) is 0 Å². The molecule has 2 aromatic carbocycles. The van der Waals surface area contributed by atoms with Gasteiger partial charge in [-0.15, -0.1) is 0 Å². The molecule has 0 amide bonds. The van der Waals surface area contributed by atoms with Crippen LogP contribution < -0.4 is 5.30 Å². The molecule has 5 nitrogen and oxygen atoms in total. The zero-order valence-corrected chi connectivity index (χ0v) is 15.1. The zero-order valence-electron chi connectivity index (χ0n) is 14.2. The Kier molecular flexibility index (Phi) is 4.91. The van der Waals surface area contributed by atoms with Gasteiger partial charge in [0.2, 0.25) is 0 Å². The molecule has 25 heavy (non-hydrogen) atoms. The quantitative estimate of drug-likeness (QED) is 0.613. The van der Waals surface area contributed by atoms with Crippen molar-refractivity contribution in [2.75, 3.05) is 0 Å². The molecule has 0 aliphatic carbocycles. The van der Waals surface area contributed by atoms with Crippen LogP contribution in [0.1, 0.15) is 33.9 Å². The lowest BCUT2D eigenvalue weighted by molar-refractivity contribution is 0.387. The molecular formula is C19H21N2O3P. The Morgan fingerprint density at radius 1 is 1.12 bits per heavy atom. The van der Waals surface area contributed by atoms with Crippen LogP contribution in [0.4, 0.5) is 0 Å². The second-order valence-electron chi connectivity index (χ2n) is 6.26. The standard InChI is InChI=1S/C19H21N2O3P/c1-13-4-3-5-17(14(13)2)18(19-11-20-12-21-19)10-15-6-8-16(9-7-15)25(22,23)24/h3-9,11-12,18H,10H2,1-2H3,(H,20,21)(H2,22,23,24). The lowest BCUT2D eigenvalue weighted by Crippen LogP contribution is -2.09. The minimum atomic E-state index is -4.21. The summed E-state index contributed by atoms with van der Waals surface area (Å²) < 4.78 is 11.3. The van der Waals surface area contributed by atoms with Crippen molar-refractivity contribution in [3.05, 3.63) is 82.9 Å². The topological polar surface area (TPSA) is 86.2 Å². The predicted molar refractivity (Wildman–Crippen MR) is 98.2 cm³/mol. The van der Waals surface area contributed by atoms with E-state index in [2.05, 4.69) is 42.0 Å². The Hall–Kier alpha value is -2.20. The Bertz CT molecular complexity index is 899. The van der Waals surface area contributed by atoms with Crippen molar-refractivity contribution in [1.29, 1.82) is 0 Å². The number of aromatic amines is 1. The highest BCUT2D eigenvalue weighted by Gasteiger charge is 2.20. The van der Waals surface area contributed by atoms with E-state index in [9.17, 15) is 14.4 Å². The summed E-state index contributed by atoms with van der Waals surface area (Å²) in [5.74, 6) is 0.100. The molecule has 0 aliphatic rings. The average Bonchev–Trinajstić information content (AvgIpc) is 3.09. The van der Waals surface area contributed by atoms with Crippen LogP contribution in [0.25, 0.3) is 0 Å². The number of rotatable bonds is 5. The minimum absolute atomic E-state index is 0.0427. The summed E-state index contributed by atoms with van der Waals surface area (Å²) in [5.41, 5.74) is 5.74. The summed E-state index contributed by atoms with van der Waals surface area (Å²) in [6, 6.07) is 12.8. The highest BCUT2D eigenvalue weighted by Crippen LogP contribution is 2.34. The van der Waals surface area contributed by atoms with Crippen LogP contribution in [0.5, 0.6) is 0 Å². The molecule has 3 rings (SSSR count). The summed E-state index contributed by atoms with van der Waals surface area (Å²) in [7, 11) is -4.21. The molecule has 0 fully saturated rings. The second kappa shape index (κ2) is 6.96. The second-order valence-corrected chi connectivity index (χ2v) is 7.87. The monoisotopic (exact) mass is 356 g/mol. The maximum Gasteiger partial charge on any atom is 0.356 e. The molecule has 1 aromatic heterocycles. The van der Waals surface area contributed by atoms with Crippen LogP contribution in [0.2, 0.25) is 0 Å². The van der Waals surface area contributed by atoms with Gasteiger partial charge in [-0.1, -0.05) is 30.3 Å². The molecule has 6 heteroatoms. The van der Waals surface area contributed by atoms with E-state index in [0.717, 1.165) is 11.3 Å². The maximum absolute atomic E-state index is 11.3. The normalized spacial score (nSPS) is 13.0. The third-order valence-electron chi connectivity index (χ3n) is 4.63.